The first-order valence-corrected chi connectivity index (χ1v) is 8.22. The van der Waals surface area contributed by atoms with Crippen LogP contribution < -0.4 is 0 Å². The Morgan fingerprint density at radius 2 is 2.24 bits per heavy atom. The van der Waals surface area contributed by atoms with Gasteiger partial charge in [-0.2, -0.15) is 0 Å². The number of halogens is 1. The minimum absolute atomic E-state index is 0.148. The number of nitrogens with zero attached hydrogens (tertiary/aromatic N) is 3. The molecule has 0 amide bonds. The molecule has 0 saturated heterocycles. The van der Waals surface area contributed by atoms with Crippen molar-refractivity contribution in [3.8, 4) is 0 Å². The number of aliphatic hydroxyl groups is 1. The van der Waals surface area contributed by atoms with Crippen LogP contribution in [0.25, 0.3) is 0 Å². The summed E-state index contributed by atoms with van der Waals surface area (Å²) in [6.07, 6.45) is 2.21. The summed E-state index contributed by atoms with van der Waals surface area (Å²) in [5.74, 6) is 0. The highest BCUT2D eigenvalue weighted by atomic mass is 35.5. The van der Waals surface area contributed by atoms with Crippen LogP contribution >= 0.6 is 11.6 Å². The van der Waals surface area contributed by atoms with Gasteiger partial charge in [-0.1, -0.05) is 29.8 Å². The summed E-state index contributed by atoms with van der Waals surface area (Å²) >= 11 is 6.01. The first-order chi connectivity index (χ1) is 10.1. The van der Waals surface area contributed by atoms with E-state index in [4.69, 9.17) is 16.3 Å². The Labute approximate surface area is 130 Å². The molecule has 1 aromatic carbocycles. The standard InChI is InChI=1S/C13H16ClN3O3S/c1-21(19)13-15-9-17(16-13)6-11(18)8-20-7-10-4-2-3-5-12(10)14/h2-5,9,11,18H,6-8H2,1H3/t11-,21-/m0/s1. The summed E-state index contributed by atoms with van der Waals surface area (Å²) in [5.41, 5.74) is 0.871. The Morgan fingerprint density at radius 3 is 2.90 bits per heavy atom. The lowest BCUT2D eigenvalue weighted by atomic mass is 10.2. The van der Waals surface area contributed by atoms with Crippen LogP contribution in [-0.2, 0) is 28.7 Å². The molecule has 6 nitrogen and oxygen atoms in total. The van der Waals surface area contributed by atoms with E-state index in [0.717, 1.165) is 5.56 Å². The number of hydrogen-bond acceptors (Lipinski definition) is 5. The van der Waals surface area contributed by atoms with E-state index in [1.54, 1.807) is 6.07 Å². The van der Waals surface area contributed by atoms with Gasteiger partial charge < -0.3 is 9.84 Å². The zero-order valence-electron chi connectivity index (χ0n) is 11.5. The molecule has 1 aromatic heterocycles. The highest BCUT2D eigenvalue weighted by molar-refractivity contribution is 7.84. The van der Waals surface area contributed by atoms with Crippen molar-refractivity contribution in [1.29, 1.82) is 0 Å². The minimum Gasteiger partial charge on any atom is -0.389 e. The molecule has 0 fully saturated rings. The van der Waals surface area contributed by atoms with E-state index in [2.05, 4.69) is 10.1 Å². The molecule has 2 atom stereocenters. The van der Waals surface area contributed by atoms with E-state index in [1.807, 2.05) is 18.2 Å². The third kappa shape index (κ3) is 4.89. The lowest BCUT2D eigenvalue weighted by molar-refractivity contribution is 0.0185. The number of ether oxygens (including phenoxy) is 1. The van der Waals surface area contributed by atoms with E-state index >= 15 is 0 Å². The second-order valence-corrected chi connectivity index (χ2v) is 6.14. The molecule has 0 spiro atoms. The van der Waals surface area contributed by atoms with Gasteiger partial charge in [-0.25, -0.2) is 9.67 Å². The predicted octanol–water partition coefficient (Wildman–Crippen LogP) is 1.25. The van der Waals surface area contributed by atoms with Crippen LogP contribution in [0, 0.1) is 0 Å². The van der Waals surface area contributed by atoms with Crippen LogP contribution in [-0.4, -0.2) is 43.0 Å². The summed E-state index contributed by atoms with van der Waals surface area (Å²) in [4.78, 5) is 3.89. The molecule has 0 aliphatic rings. The molecule has 0 unspecified atom stereocenters. The molecular formula is C13H16ClN3O3S. The molecule has 1 N–H and O–H groups in total. The first kappa shape index (κ1) is 16.1. The van der Waals surface area contributed by atoms with Gasteiger partial charge in [0.1, 0.15) is 6.33 Å². The number of benzene rings is 1. The van der Waals surface area contributed by atoms with E-state index in [9.17, 15) is 9.32 Å². The quantitative estimate of drug-likeness (QED) is 0.827. The second kappa shape index (κ2) is 7.65. The van der Waals surface area contributed by atoms with Crippen LogP contribution in [0.3, 0.4) is 0 Å². The summed E-state index contributed by atoms with van der Waals surface area (Å²) in [6.45, 7) is 0.709. The van der Waals surface area contributed by atoms with E-state index < -0.39 is 16.9 Å². The maximum atomic E-state index is 11.2. The van der Waals surface area contributed by atoms with Gasteiger partial charge in [0.15, 0.2) is 0 Å². The van der Waals surface area contributed by atoms with Crippen molar-refractivity contribution < 1.29 is 14.1 Å². The maximum Gasteiger partial charge on any atom is 0.238 e. The van der Waals surface area contributed by atoms with Gasteiger partial charge >= 0.3 is 0 Å². The van der Waals surface area contributed by atoms with E-state index in [-0.39, 0.29) is 18.3 Å². The third-order valence-corrected chi connectivity index (χ3v) is 3.77. The lowest BCUT2D eigenvalue weighted by Gasteiger charge is -2.11. The molecule has 1 heterocycles. The minimum atomic E-state index is -1.23. The van der Waals surface area contributed by atoms with Crippen LogP contribution in [0.5, 0.6) is 0 Å². The van der Waals surface area contributed by atoms with Gasteiger partial charge in [-0.15, -0.1) is 5.10 Å². The first-order valence-electron chi connectivity index (χ1n) is 6.28. The zero-order chi connectivity index (χ0) is 15.2. The summed E-state index contributed by atoms with van der Waals surface area (Å²) in [6, 6.07) is 7.39. The topological polar surface area (TPSA) is 77.2 Å². The van der Waals surface area contributed by atoms with Crippen molar-refractivity contribution in [2.45, 2.75) is 24.4 Å². The number of aliphatic hydroxyl groups excluding tert-OH is 1. The normalized spacial score (nSPS) is 14.0. The molecule has 0 radical (unpaired) electrons. The molecule has 21 heavy (non-hydrogen) atoms. The van der Waals surface area contributed by atoms with Crippen molar-refractivity contribution in [3.05, 3.63) is 41.2 Å². The fourth-order valence-electron chi connectivity index (χ4n) is 1.69. The van der Waals surface area contributed by atoms with Crippen molar-refractivity contribution >= 4 is 22.4 Å². The number of hydrogen-bond donors (Lipinski definition) is 1. The van der Waals surface area contributed by atoms with Gasteiger partial charge in [0.05, 0.1) is 36.7 Å². The molecule has 0 aliphatic heterocycles. The van der Waals surface area contributed by atoms with Crippen molar-refractivity contribution in [2.75, 3.05) is 12.9 Å². The SMILES string of the molecule is C[S@](=O)c1ncn(C[C@H](O)COCc2ccccc2Cl)n1. The van der Waals surface area contributed by atoms with Crippen molar-refractivity contribution in [3.63, 3.8) is 0 Å². The van der Waals surface area contributed by atoms with Crippen molar-refractivity contribution in [2.24, 2.45) is 0 Å². The fraction of sp³-hybridized carbons (Fsp3) is 0.385. The summed E-state index contributed by atoms with van der Waals surface area (Å²) < 4.78 is 18.1. The van der Waals surface area contributed by atoms with Crippen LogP contribution in [0.1, 0.15) is 5.56 Å². The van der Waals surface area contributed by atoms with Gasteiger partial charge in [0.25, 0.3) is 0 Å². The summed E-state index contributed by atoms with van der Waals surface area (Å²) in [5, 5.41) is 14.8. The smallest absolute Gasteiger partial charge is 0.238 e. The second-order valence-electron chi connectivity index (χ2n) is 4.46. The summed E-state index contributed by atoms with van der Waals surface area (Å²) in [7, 11) is -1.23. The molecule has 0 aliphatic carbocycles. The molecular weight excluding hydrogens is 314 g/mol. The van der Waals surface area contributed by atoms with Crippen LogP contribution in [0.15, 0.2) is 35.7 Å². The average Bonchev–Trinajstić information content (AvgIpc) is 2.89. The average molecular weight is 330 g/mol. The van der Waals surface area contributed by atoms with Gasteiger partial charge in [0.2, 0.25) is 5.16 Å². The molecule has 2 rings (SSSR count). The van der Waals surface area contributed by atoms with Crippen molar-refractivity contribution in [1.82, 2.24) is 14.8 Å². The molecule has 114 valence electrons. The highest BCUT2D eigenvalue weighted by Crippen LogP contribution is 2.15. The van der Waals surface area contributed by atoms with Gasteiger partial charge in [-0.3, -0.25) is 4.21 Å². The monoisotopic (exact) mass is 329 g/mol. The van der Waals surface area contributed by atoms with E-state index in [1.165, 1.54) is 17.3 Å². The Bertz CT molecular complexity index is 620. The lowest BCUT2D eigenvalue weighted by Crippen LogP contribution is -2.22. The van der Waals surface area contributed by atoms with Gasteiger partial charge in [-0.05, 0) is 11.6 Å². The molecule has 8 heteroatoms. The third-order valence-electron chi connectivity index (χ3n) is 2.70. The number of rotatable bonds is 7. The fourth-order valence-corrected chi connectivity index (χ4v) is 2.29. The van der Waals surface area contributed by atoms with E-state index in [0.29, 0.717) is 11.6 Å². The molecule has 0 bridgehead atoms. The Balaban J connectivity index is 1.78. The predicted molar refractivity (Wildman–Crippen MR) is 79.5 cm³/mol. The Kier molecular flexibility index (Phi) is 5.86. The Morgan fingerprint density at radius 1 is 1.48 bits per heavy atom. The van der Waals surface area contributed by atoms with Crippen LogP contribution in [0.4, 0.5) is 0 Å². The molecule has 2 aromatic rings. The van der Waals surface area contributed by atoms with Gasteiger partial charge in [0, 0.05) is 11.3 Å². The Hall–Kier alpha value is -1.28. The zero-order valence-corrected chi connectivity index (χ0v) is 13.0. The highest BCUT2D eigenvalue weighted by Gasteiger charge is 2.10. The molecule has 0 saturated carbocycles. The largest absolute Gasteiger partial charge is 0.389 e. The number of aromatic nitrogens is 3. The maximum absolute atomic E-state index is 11.2. The van der Waals surface area contributed by atoms with Crippen LogP contribution in [0.2, 0.25) is 5.02 Å².